The summed E-state index contributed by atoms with van der Waals surface area (Å²) in [6, 6.07) is 6.73. The fourth-order valence-electron chi connectivity index (χ4n) is 1.90. The zero-order chi connectivity index (χ0) is 16.7. The summed E-state index contributed by atoms with van der Waals surface area (Å²) >= 11 is 11.9. The third-order valence-electron chi connectivity index (χ3n) is 2.97. The minimum Gasteiger partial charge on any atom is -0.387 e. The third-order valence-corrected chi connectivity index (χ3v) is 3.40. The van der Waals surface area contributed by atoms with E-state index in [9.17, 15) is 5.11 Å². The first-order valence-electron chi connectivity index (χ1n) is 7.14. The van der Waals surface area contributed by atoms with Gasteiger partial charge in [0.25, 0.3) is 0 Å². The van der Waals surface area contributed by atoms with Crippen molar-refractivity contribution in [2.75, 3.05) is 13.1 Å². The molecule has 1 atom stereocenters. The molecule has 0 saturated carbocycles. The smallest absolute Gasteiger partial charge is 0.191 e. The normalized spacial score (nSPS) is 13.0. The Balaban J connectivity index is 1.95. The summed E-state index contributed by atoms with van der Waals surface area (Å²) in [7, 11) is 0. The summed E-state index contributed by atoms with van der Waals surface area (Å²) in [6.07, 6.45) is 0.736. The summed E-state index contributed by atoms with van der Waals surface area (Å²) in [5.74, 6) is 0.572. The lowest BCUT2D eigenvalue weighted by Gasteiger charge is -2.16. The highest BCUT2D eigenvalue weighted by Crippen LogP contribution is 2.23. The number of aliphatic hydroxyl groups is 1. The minimum absolute atomic E-state index is 0.265. The summed E-state index contributed by atoms with van der Waals surface area (Å²) < 4.78 is 4.76. The molecule has 8 heteroatoms. The Kier molecular flexibility index (Phi) is 6.70. The van der Waals surface area contributed by atoms with Gasteiger partial charge >= 0.3 is 0 Å². The van der Waals surface area contributed by atoms with Crippen LogP contribution in [0.25, 0.3) is 0 Å². The van der Waals surface area contributed by atoms with Gasteiger partial charge in [-0.1, -0.05) is 28.4 Å². The fourth-order valence-corrected chi connectivity index (χ4v) is 2.44. The van der Waals surface area contributed by atoms with Crippen molar-refractivity contribution in [2.45, 2.75) is 19.6 Å². The van der Waals surface area contributed by atoms with Gasteiger partial charge in [-0.25, -0.2) is 4.99 Å². The van der Waals surface area contributed by atoms with Crippen molar-refractivity contribution >= 4 is 29.2 Å². The highest BCUT2D eigenvalue weighted by atomic mass is 35.5. The zero-order valence-electron chi connectivity index (χ0n) is 12.6. The molecule has 0 radical (unpaired) electrons. The lowest BCUT2D eigenvalue weighted by atomic mass is 10.1. The maximum atomic E-state index is 10.2. The molecule has 3 N–H and O–H groups in total. The van der Waals surface area contributed by atoms with Gasteiger partial charge in [0.2, 0.25) is 0 Å². The molecule has 0 aliphatic rings. The summed E-state index contributed by atoms with van der Waals surface area (Å²) in [5, 5.41) is 21.2. The van der Waals surface area contributed by atoms with E-state index in [-0.39, 0.29) is 6.54 Å². The van der Waals surface area contributed by atoms with E-state index >= 15 is 0 Å². The van der Waals surface area contributed by atoms with Crippen LogP contribution >= 0.6 is 23.2 Å². The van der Waals surface area contributed by atoms with Gasteiger partial charge in [0.1, 0.15) is 12.0 Å². The van der Waals surface area contributed by atoms with Gasteiger partial charge in [0, 0.05) is 29.2 Å². The first kappa shape index (κ1) is 17.6. The Morgan fingerprint density at radius 2 is 2.04 bits per heavy atom. The molecule has 1 unspecified atom stereocenters. The van der Waals surface area contributed by atoms with Crippen LogP contribution in [-0.2, 0) is 6.54 Å². The van der Waals surface area contributed by atoms with E-state index in [1.54, 1.807) is 24.3 Å². The number of aliphatic imine (C=N–C) groups is 1. The molecule has 0 spiro atoms. The molecule has 0 bridgehead atoms. The van der Waals surface area contributed by atoms with Gasteiger partial charge in [-0.15, -0.1) is 0 Å². The third kappa shape index (κ3) is 5.74. The Morgan fingerprint density at radius 1 is 1.30 bits per heavy atom. The number of aliphatic hydroxyl groups excluding tert-OH is 1. The van der Waals surface area contributed by atoms with Crippen molar-refractivity contribution in [2.24, 2.45) is 4.99 Å². The predicted molar refractivity (Wildman–Crippen MR) is 90.7 cm³/mol. The predicted octanol–water partition coefficient (Wildman–Crippen LogP) is 2.77. The number of guanidine groups is 1. The number of benzene rings is 1. The molecule has 1 aromatic carbocycles. The first-order chi connectivity index (χ1) is 11.1. The van der Waals surface area contributed by atoms with Crippen LogP contribution in [0.1, 0.15) is 24.3 Å². The molecule has 0 aliphatic carbocycles. The van der Waals surface area contributed by atoms with Crippen LogP contribution in [0.15, 0.2) is 40.0 Å². The Bertz CT molecular complexity index is 627. The van der Waals surface area contributed by atoms with Crippen LogP contribution in [0.2, 0.25) is 10.0 Å². The van der Waals surface area contributed by atoms with E-state index in [1.807, 2.05) is 6.92 Å². The van der Waals surface area contributed by atoms with Gasteiger partial charge < -0.3 is 20.3 Å². The molecule has 2 rings (SSSR count). The highest BCUT2D eigenvalue weighted by Gasteiger charge is 2.10. The average molecular weight is 357 g/mol. The number of hydrogen-bond donors (Lipinski definition) is 3. The van der Waals surface area contributed by atoms with Crippen molar-refractivity contribution in [1.82, 2.24) is 15.8 Å². The summed E-state index contributed by atoms with van der Waals surface area (Å²) in [5.41, 5.74) is 1.37. The van der Waals surface area contributed by atoms with Gasteiger partial charge in [-0.2, -0.15) is 0 Å². The van der Waals surface area contributed by atoms with Crippen molar-refractivity contribution < 1.29 is 9.63 Å². The SMILES string of the molecule is CCNC(=NCc1ccon1)NCC(O)c1cc(Cl)cc(Cl)c1. The number of aromatic nitrogens is 1. The van der Waals surface area contributed by atoms with Gasteiger partial charge in [0.15, 0.2) is 5.96 Å². The Morgan fingerprint density at radius 3 is 2.65 bits per heavy atom. The molecule has 2 aromatic rings. The number of nitrogens with one attached hydrogen (secondary N) is 2. The number of hydrogen-bond acceptors (Lipinski definition) is 4. The van der Waals surface area contributed by atoms with Crippen molar-refractivity contribution in [3.05, 3.63) is 51.8 Å². The molecular formula is C15H18Cl2N4O2. The number of halogens is 2. The quantitative estimate of drug-likeness (QED) is 0.547. The molecule has 1 aromatic heterocycles. The van der Waals surface area contributed by atoms with Crippen LogP contribution in [0.3, 0.4) is 0 Å². The monoisotopic (exact) mass is 356 g/mol. The number of nitrogens with zero attached hydrogens (tertiary/aromatic N) is 2. The first-order valence-corrected chi connectivity index (χ1v) is 7.89. The van der Waals surface area contributed by atoms with Crippen molar-refractivity contribution in [1.29, 1.82) is 0 Å². The second-order valence-electron chi connectivity index (χ2n) is 4.79. The topological polar surface area (TPSA) is 82.7 Å². The Hall–Kier alpha value is -1.76. The van der Waals surface area contributed by atoms with Crippen molar-refractivity contribution in [3.63, 3.8) is 0 Å². The maximum absolute atomic E-state index is 10.2. The summed E-state index contributed by atoms with van der Waals surface area (Å²) in [6.45, 7) is 3.30. The standard InChI is InChI=1S/C15H18Cl2N4O2/c1-2-18-15(19-8-13-3-4-23-21-13)20-9-14(22)10-5-11(16)7-12(17)6-10/h3-7,14,22H,2,8-9H2,1H3,(H2,18,19,20). The molecule has 0 fully saturated rings. The summed E-state index contributed by atoms with van der Waals surface area (Å²) in [4.78, 5) is 4.37. The molecule has 1 heterocycles. The highest BCUT2D eigenvalue weighted by molar-refractivity contribution is 6.34. The average Bonchev–Trinajstić information content (AvgIpc) is 3.02. The fraction of sp³-hybridized carbons (Fsp3) is 0.333. The largest absolute Gasteiger partial charge is 0.387 e. The van der Waals surface area contributed by atoms with Gasteiger partial charge in [0.05, 0.1) is 12.6 Å². The minimum atomic E-state index is -0.762. The van der Waals surface area contributed by atoms with Crippen LogP contribution in [-0.4, -0.2) is 29.3 Å². The molecular weight excluding hydrogens is 339 g/mol. The second kappa shape index (κ2) is 8.76. The van der Waals surface area contributed by atoms with E-state index in [4.69, 9.17) is 27.7 Å². The molecule has 0 aliphatic heterocycles. The van der Waals surface area contributed by atoms with Crippen LogP contribution in [0.5, 0.6) is 0 Å². The molecule has 0 amide bonds. The lowest BCUT2D eigenvalue weighted by molar-refractivity contribution is 0.181. The van der Waals surface area contributed by atoms with Crippen molar-refractivity contribution in [3.8, 4) is 0 Å². The maximum Gasteiger partial charge on any atom is 0.191 e. The van der Waals surface area contributed by atoms with Crippen LogP contribution < -0.4 is 10.6 Å². The molecule has 124 valence electrons. The van der Waals surface area contributed by atoms with E-state index < -0.39 is 6.10 Å². The molecule has 23 heavy (non-hydrogen) atoms. The molecule has 0 saturated heterocycles. The zero-order valence-corrected chi connectivity index (χ0v) is 14.1. The van der Waals surface area contributed by atoms with Crippen LogP contribution in [0, 0.1) is 0 Å². The van der Waals surface area contributed by atoms with E-state index in [0.717, 1.165) is 5.69 Å². The second-order valence-corrected chi connectivity index (χ2v) is 5.66. The Labute approximate surface area is 144 Å². The van der Waals surface area contributed by atoms with Gasteiger partial charge in [-0.3, -0.25) is 0 Å². The van der Waals surface area contributed by atoms with E-state index in [2.05, 4.69) is 20.8 Å². The van der Waals surface area contributed by atoms with E-state index in [1.165, 1.54) is 6.26 Å². The lowest BCUT2D eigenvalue weighted by Crippen LogP contribution is -2.39. The van der Waals surface area contributed by atoms with E-state index in [0.29, 0.717) is 34.7 Å². The number of rotatable bonds is 6. The van der Waals surface area contributed by atoms with Gasteiger partial charge in [-0.05, 0) is 30.7 Å². The molecule has 6 nitrogen and oxygen atoms in total. The van der Waals surface area contributed by atoms with Crippen LogP contribution in [0.4, 0.5) is 0 Å².